The lowest BCUT2D eigenvalue weighted by Gasteiger charge is -2.33. The van der Waals surface area contributed by atoms with Gasteiger partial charge < -0.3 is 4.90 Å². The first-order valence-electron chi connectivity index (χ1n) is 8.62. The van der Waals surface area contributed by atoms with Gasteiger partial charge in [-0.2, -0.15) is 5.10 Å². The Bertz CT molecular complexity index is 745. The Kier molecular flexibility index (Phi) is 5.26. The van der Waals surface area contributed by atoms with Crippen molar-refractivity contribution in [2.45, 2.75) is 32.7 Å². The number of piperidine rings is 1. The Labute approximate surface area is 147 Å². The van der Waals surface area contributed by atoms with Gasteiger partial charge in [0.15, 0.2) is 0 Å². The first-order chi connectivity index (χ1) is 12.0. The van der Waals surface area contributed by atoms with Gasteiger partial charge in [0.25, 0.3) is 0 Å². The summed E-state index contributed by atoms with van der Waals surface area (Å²) in [6, 6.07) is 6.26. The van der Waals surface area contributed by atoms with Crippen LogP contribution in [0.5, 0.6) is 0 Å². The molecule has 3 rings (SSSR count). The molecule has 0 unspecified atom stereocenters. The highest BCUT2D eigenvalue weighted by Crippen LogP contribution is 2.25. The van der Waals surface area contributed by atoms with Crippen LogP contribution in [-0.4, -0.2) is 38.7 Å². The van der Waals surface area contributed by atoms with Crippen molar-refractivity contribution in [3.8, 4) is 0 Å². The minimum Gasteiger partial charge on any atom is -0.340 e. The Morgan fingerprint density at radius 2 is 2.04 bits per heavy atom. The Hall–Kier alpha value is -2.50. The van der Waals surface area contributed by atoms with Crippen molar-refractivity contribution in [1.82, 2.24) is 19.7 Å². The van der Waals surface area contributed by atoms with E-state index in [1.807, 2.05) is 30.9 Å². The predicted octanol–water partition coefficient (Wildman–Crippen LogP) is 3.32. The first kappa shape index (κ1) is 17.3. The molecule has 1 aromatic carbocycles. The van der Waals surface area contributed by atoms with Crippen LogP contribution < -0.4 is 0 Å². The van der Waals surface area contributed by atoms with Gasteiger partial charge in [-0.15, -0.1) is 0 Å². The highest BCUT2D eigenvalue weighted by molar-refractivity contribution is 5.81. The topological polar surface area (TPSA) is 51.0 Å². The molecule has 1 aromatic heterocycles. The van der Waals surface area contributed by atoms with Gasteiger partial charge in [-0.05, 0) is 36.5 Å². The molecule has 132 valence electrons. The average molecular weight is 342 g/mol. The number of halogens is 1. The number of amides is 1. The van der Waals surface area contributed by atoms with Crippen LogP contribution >= 0.6 is 0 Å². The molecule has 2 heterocycles. The molecule has 1 aliphatic rings. The fourth-order valence-electron chi connectivity index (χ4n) is 3.24. The highest BCUT2D eigenvalue weighted by Gasteiger charge is 2.30. The van der Waals surface area contributed by atoms with Crippen molar-refractivity contribution >= 4 is 12.0 Å². The molecule has 0 saturated carbocycles. The van der Waals surface area contributed by atoms with Crippen molar-refractivity contribution in [3.05, 3.63) is 53.9 Å². The van der Waals surface area contributed by atoms with Gasteiger partial charge in [0.1, 0.15) is 24.5 Å². The number of carbonyl (C=O) groups excluding carboxylic acids is 1. The van der Waals surface area contributed by atoms with Crippen molar-refractivity contribution in [2.75, 3.05) is 13.1 Å². The summed E-state index contributed by atoms with van der Waals surface area (Å²) >= 11 is 0. The lowest BCUT2D eigenvalue weighted by Crippen LogP contribution is -2.42. The molecule has 0 radical (unpaired) electrons. The quantitative estimate of drug-likeness (QED) is 0.856. The van der Waals surface area contributed by atoms with Crippen LogP contribution in [0.2, 0.25) is 0 Å². The van der Waals surface area contributed by atoms with Gasteiger partial charge >= 0.3 is 0 Å². The fourth-order valence-corrected chi connectivity index (χ4v) is 3.24. The summed E-state index contributed by atoms with van der Waals surface area (Å²) in [6.45, 7) is 5.39. The smallest absolute Gasteiger partial charge is 0.247 e. The Morgan fingerprint density at radius 1 is 1.28 bits per heavy atom. The zero-order chi connectivity index (χ0) is 17.8. The van der Waals surface area contributed by atoms with E-state index in [2.05, 4.69) is 10.1 Å². The van der Waals surface area contributed by atoms with Crippen LogP contribution in [0.25, 0.3) is 6.08 Å². The average Bonchev–Trinajstić information content (AvgIpc) is 3.09. The third-order valence-electron chi connectivity index (χ3n) is 4.54. The second kappa shape index (κ2) is 7.59. The van der Waals surface area contributed by atoms with Gasteiger partial charge in [0.05, 0.1) is 0 Å². The number of hydrogen-bond acceptors (Lipinski definition) is 3. The van der Waals surface area contributed by atoms with Gasteiger partial charge in [-0.3, -0.25) is 4.79 Å². The molecule has 6 heteroatoms. The molecule has 1 atom stereocenters. The number of hydrogen-bond donors (Lipinski definition) is 0. The van der Waals surface area contributed by atoms with E-state index in [0.29, 0.717) is 13.1 Å². The second-order valence-electron chi connectivity index (χ2n) is 6.75. The van der Waals surface area contributed by atoms with Crippen molar-refractivity contribution in [2.24, 2.45) is 5.92 Å². The second-order valence-corrected chi connectivity index (χ2v) is 6.75. The number of aromatic nitrogens is 3. The van der Waals surface area contributed by atoms with E-state index >= 15 is 0 Å². The lowest BCUT2D eigenvalue weighted by molar-refractivity contribution is -0.136. The molecule has 0 spiro atoms. The number of benzene rings is 1. The minimum absolute atomic E-state index is 0.0882. The van der Waals surface area contributed by atoms with E-state index in [1.54, 1.807) is 17.1 Å². The van der Waals surface area contributed by atoms with Gasteiger partial charge in [-0.25, -0.2) is 14.1 Å². The molecule has 1 saturated heterocycles. The third-order valence-corrected chi connectivity index (χ3v) is 4.54. The standard InChI is InChI=1S/C19H23FN4O/c1-14(2)18(24-13-21-12-22-24)19(25)23-8-6-15(7-9-23)10-16-4-3-5-17(20)11-16/h3-5,10-14,18H,6-9H2,1-2H3/t18-/m1/s1. The van der Waals surface area contributed by atoms with Crippen LogP contribution in [0, 0.1) is 11.7 Å². The van der Waals surface area contributed by atoms with E-state index in [-0.39, 0.29) is 23.7 Å². The molecule has 1 fully saturated rings. The summed E-state index contributed by atoms with van der Waals surface area (Å²) in [7, 11) is 0. The van der Waals surface area contributed by atoms with Crippen molar-refractivity contribution < 1.29 is 9.18 Å². The van der Waals surface area contributed by atoms with Crippen LogP contribution in [0.4, 0.5) is 4.39 Å². The fraction of sp³-hybridized carbons (Fsp3) is 0.421. The summed E-state index contributed by atoms with van der Waals surface area (Å²) in [6.07, 6.45) is 6.71. The summed E-state index contributed by atoms with van der Waals surface area (Å²) < 4.78 is 14.9. The molecule has 0 aliphatic carbocycles. The lowest BCUT2D eigenvalue weighted by atomic mass is 9.98. The molecule has 1 aliphatic heterocycles. The number of likely N-dealkylation sites (tertiary alicyclic amines) is 1. The largest absolute Gasteiger partial charge is 0.340 e. The van der Waals surface area contributed by atoms with E-state index in [4.69, 9.17) is 0 Å². The van der Waals surface area contributed by atoms with E-state index in [0.717, 1.165) is 18.4 Å². The molecule has 0 N–H and O–H groups in total. The monoisotopic (exact) mass is 342 g/mol. The zero-order valence-electron chi connectivity index (χ0n) is 14.6. The molecule has 5 nitrogen and oxygen atoms in total. The SMILES string of the molecule is CC(C)[C@H](C(=O)N1CCC(=Cc2cccc(F)c2)CC1)n1cncn1. The first-order valence-corrected chi connectivity index (χ1v) is 8.62. The van der Waals surface area contributed by atoms with Gasteiger partial charge in [0.2, 0.25) is 5.91 Å². The molecule has 25 heavy (non-hydrogen) atoms. The molecule has 0 bridgehead atoms. The molecule has 1 amide bonds. The molecular formula is C19H23FN4O. The van der Waals surface area contributed by atoms with Crippen LogP contribution in [0.3, 0.4) is 0 Å². The molecular weight excluding hydrogens is 319 g/mol. The minimum atomic E-state index is -0.323. The number of nitrogens with zero attached hydrogens (tertiary/aromatic N) is 4. The molecule has 2 aromatic rings. The Morgan fingerprint density at radius 3 is 2.64 bits per heavy atom. The Balaban J connectivity index is 1.66. The van der Waals surface area contributed by atoms with Gasteiger partial charge in [0, 0.05) is 13.1 Å². The van der Waals surface area contributed by atoms with E-state index < -0.39 is 0 Å². The van der Waals surface area contributed by atoms with Crippen molar-refractivity contribution in [3.63, 3.8) is 0 Å². The maximum atomic E-state index is 13.3. The maximum Gasteiger partial charge on any atom is 0.247 e. The zero-order valence-corrected chi connectivity index (χ0v) is 14.6. The van der Waals surface area contributed by atoms with E-state index in [1.165, 1.54) is 24.0 Å². The summed E-state index contributed by atoms with van der Waals surface area (Å²) in [5.41, 5.74) is 2.12. The third kappa shape index (κ3) is 4.13. The van der Waals surface area contributed by atoms with Gasteiger partial charge in [-0.1, -0.05) is 37.6 Å². The van der Waals surface area contributed by atoms with E-state index in [9.17, 15) is 9.18 Å². The normalized spacial score (nSPS) is 16.2. The number of carbonyl (C=O) groups is 1. The predicted molar refractivity (Wildman–Crippen MR) is 94.1 cm³/mol. The maximum absolute atomic E-state index is 13.3. The van der Waals surface area contributed by atoms with Crippen LogP contribution in [-0.2, 0) is 4.79 Å². The summed E-state index contributed by atoms with van der Waals surface area (Å²) in [4.78, 5) is 18.8. The van der Waals surface area contributed by atoms with Crippen molar-refractivity contribution in [1.29, 1.82) is 0 Å². The van der Waals surface area contributed by atoms with Crippen LogP contribution in [0.15, 0.2) is 42.5 Å². The summed E-state index contributed by atoms with van der Waals surface area (Å²) in [5, 5.41) is 4.14. The number of rotatable bonds is 4. The summed E-state index contributed by atoms with van der Waals surface area (Å²) in [5.74, 6) is -0.00157. The highest BCUT2D eigenvalue weighted by atomic mass is 19.1. The van der Waals surface area contributed by atoms with Crippen LogP contribution in [0.1, 0.15) is 38.3 Å².